The van der Waals surface area contributed by atoms with Gasteiger partial charge in [-0.1, -0.05) is 33.4 Å². The Hall–Kier alpha value is -1.91. The minimum absolute atomic E-state index is 0.0473. The lowest BCUT2D eigenvalue weighted by atomic mass is 9.67. The molecule has 25 heavy (non-hydrogen) atoms. The highest BCUT2D eigenvalue weighted by atomic mass is 16.6. The summed E-state index contributed by atoms with van der Waals surface area (Å²) >= 11 is 0. The number of allylic oxidation sites excluding steroid dienone is 2. The molecule has 0 bridgehead atoms. The Kier molecular flexibility index (Phi) is 4.38. The van der Waals surface area contributed by atoms with Crippen LogP contribution in [0.1, 0.15) is 40.5 Å². The fourth-order valence-corrected chi connectivity index (χ4v) is 4.67. The van der Waals surface area contributed by atoms with Gasteiger partial charge in [0.1, 0.15) is 12.2 Å². The van der Waals surface area contributed by atoms with E-state index in [4.69, 9.17) is 9.47 Å². The van der Waals surface area contributed by atoms with Crippen molar-refractivity contribution in [3.05, 3.63) is 24.3 Å². The van der Waals surface area contributed by atoms with Crippen molar-refractivity contribution in [1.82, 2.24) is 0 Å². The highest BCUT2D eigenvalue weighted by Gasteiger charge is 2.61. The van der Waals surface area contributed by atoms with E-state index in [9.17, 15) is 14.4 Å². The largest absolute Gasteiger partial charge is 0.460 e. The van der Waals surface area contributed by atoms with Gasteiger partial charge in [0.2, 0.25) is 0 Å². The summed E-state index contributed by atoms with van der Waals surface area (Å²) in [6, 6.07) is 0. The van der Waals surface area contributed by atoms with E-state index >= 15 is 0 Å². The minimum atomic E-state index is -0.887. The van der Waals surface area contributed by atoms with Crippen molar-refractivity contribution in [3.8, 4) is 0 Å². The fourth-order valence-electron chi connectivity index (χ4n) is 4.67. The molecule has 0 spiro atoms. The van der Waals surface area contributed by atoms with Crippen LogP contribution in [0, 0.1) is 29.1 Å². The van der Waals surface area contributed by atoms with Crippen LogP contribution in [-0.2, 0) is 23.9 Å². The summed E-state index contributed by atoms with van der Waals surface area (Å²) in [5.74, 6) is -1.09. The molecule has 0 N–H and O–H groups in total. The zero-order chi connectivity index (χ0) is 18.5. The number of carbonyl (C=O) groups is 3. The summed E-state index contributed by atoms with van der Waals surface area (Å²) in [7, 11) is 0. The average Bonchev–Trinajstić information content (AvgIpc) is 2.92. The van der Waals surface area contributed by atoms with Crippen LogP contribution in [0.5, 0.6) is 0 Å². The minimum Gasteiger partial charge on any atom is -0.460 e. The summed E-state index contributed by atoms with van der Waals surface area (Å²) in [5, 5.41) is 0. The molecule has 3 aliphatic rings. The average molecular weight is 346 g/mol. The topological polar surface area (TPSA) is 69.7 Å². The Labute approximate surface area is 148 Å². The molecule has 5 nitrogen and oxygen atoms in total. The quantitative estimate of drug-likeness (QED) is 0.580. The molecule has 6 unspecified atom stereocenters. The Morgan fingerprint density at radius 1 is 1.44 bits per heavy atom. The molecular formula is C20H26O5. The first kappa shape index (κ1) is 17.9. The van der Waals surface area contributed by atoms with Crippen molar-refractivity contribution >= 4 is 17.7 Å². The van der Waals surface area contributed by atoms with E-state index in [1.54, 1.807) is 6.08 Å². The Morgan fingerprint density at radius 3 is 2.76 bits per heavy atom. The Morgan fingerprint density at radius 2 is 2.12 bits per heavy atom. The third kappa shape index (κ3) is 2.74. The van der Waals surface area contributed by atoms with Crippen molar-refractivity contribution in [1.29, 1.82) is 0 Å². The molecule has 1 heterocycles. The van der Waals surface area contributed by atoms with Gasteiger partial charge < -0.3 is 9.47 Å². The van der Waals surface area contributed by atoms with E-state index in [2.05, 4.69) is 13.5 Å². The molecular weight excluding hydrogens is 320 g/mol. The van der Waals surface area contributed by atoms with Gasteiger partial charge in [0.05, 0.1) is 11.3 Å². The van der Waals surface area contributed by atoms with Crippen molar-refractivity contribution in [2.45, 2.75) is 52.7 Å². The molecule has 0 aromatic rings. The van der Waals surface area contributed by atoms with E-state index in [-0.39, 0.29) is 35.9 Å². The monoisotopic (exact) mass is 346 g/mol. The molecule has 136 valence electrons. The van der Waals surface area contributed by atoms with Gasteiger partial charge >= 0.3 is 11.9 Å². The molecule has 3 rings (SSSR count). The van der Waals surface area contributed by atoms with Crippen LogP contribution in [0.4, 0.5) is 0 Å². The van der Waals surface area contributed by atoms with Gasteiger partial charge in [-0.3, -0.25) is 9.59 Å². The van der Waals surface area contributed by atoms with Crippen molar-refractivity contribution in [3.63, 3.8) is 0 Å². The van der Waals surface area contributed by atoms with E-state index in [0.29, 0.717) is 12.0 Å². The maximum absolute atomic E-state index is 12.8. The van der Waals surface area contributed by atoms with Gasteiger partial charge in [-0.15, -0.1) is 0 Å². The van der Waals surface area contributed by atoms with Crippen LogP contribution in [0.15, 0.2) is 24.3 Å². The fraction of sp³-hybridized carbons (Fsp3) is 0.650. The van der Waals surface area contributed by atoms with E-state index in [0.717, 1.165) is 0 Å². The van der Waals surface area contributed by atoms with Gasteiger partial charge in [0.15, 0.2) is 5.78 Å². The molecule has 0 radical (unpaired) electrons. The Balaban J connectivity index is 2.03. The molecule has 0 aromatic heterocycles. The van der Waals surface area contributed by atoms with Gasteiger partial charge in [-0.05, 0) is 37.2 Å². The second-order valence-electron chi connectivity index (χ2n) is 8.25. The van der Waals surface area contributed by atoms with Crippen LogP contribution >= 0.6 is 0 Å². The highest BCUT2D eigenvalue weighted by molar-refractivity contribution is 5.99. The molecule has 0 amide bonds. The first-order valence-electron chi connectivity index (χ1n) is 8.98. The maximum atomic E-state index is 12.8. The lowest BCUT2D eigenvalue weighted by molar-refractivity contribution is -0.165. The van der Waals surface area contributed by atoms with Crippen LogP contribution in [-0.4, -0.2) is 29.9 Å². The maximum Gasteiger partial charge on any atom is 0.334 e. The van der Waals surface area contributed by atoms with E-state index in [1.165, 1.54) is 0 Å². The van der Waals surface area contributed by atoms with E-state index in [1.807, 2.05) is 26.8 Å². The van der Waals surface area contributed by atoms with Crippen LogP contribution in [0.3, 0.4) is 0 Å². The SMILES string of the molecule is C=C1C(=O)OC2CC(C)C3C=CC(=O)C3(C)C(OC(=O)CC(C)C)C12. The third-order valence-corrected chi connectivity index (χ3v) is 5.97. The van der Waals surface area contributed by atoms with Crippen molar-refractivity contribution in [2.75, 3.05) is 0 Å². The van der Waals surface area contributed by atoms with Crippen molar-refractivity contribution < 1.29 is 23.9 Å². The second-order valence-corrected chi connectivity index (χ2v) is 8.25. The summed E-state index contributed by atoms with van der Waals surface area (Å²) in [6.45, 7) is 11.7. The number of hydrogen-bond acceptors (Lipinski definition) is 5. The molecule has 0 aromatic carbocycles. The summed E-state index contributed by atoms with van der Waals surface area (Å²) < 4.78 is 11.4. The summed E-state index contributed by atoms with van der Waals surface area (Å²) in [6.07, 6.45) is 3.28. The lowest BCUT2D eigenvalue weighted by Gasteiger charge is -2.39. The first-order chi connectivity index (χ1) is 11.7. The van der Waals surface area contributed by atoms with Gasteiger partial charge in [0, 0.05) is 12.0 Å². The predicted molar refractivity (Wildman–Crippen MR) is 91.4 cm³/mol. The number of rotatable bonds is 3. The van der Waals surface area contributed by atoms with Gasteiger partial charge in [-0.2, -0.15) is 0 Å². The van der Waals surface area contributed by atoms with Crippen LogP contribution in [0.25, 0.3) is 0 Å². The zero-order valence-corrected chi connectivity index (χ0v) is 15.3. The molecule has 1 saturated carbocycles. The highest BCUT2D eigenvalue weighted by Crippen LogP contribution is 2.54. The second kappa shape index (κ2) is 6.11. The number of ketones is 1. The molecule has 2 aliphatic carbocycles. The molecule has 2 fully saturated rings. The number of ether oxygens (including phenoxy) is 2. The molecule has 1 saturated heterocycles. The molecule has 6 atom stereocenters. The number of hydrogen-bond donors (Lipinski definition) is 0. The van der Waals surface area contributed by atoms with E-state index < -0.39 is 29.5 Å². The van der Waals surface area contributed by atoms with Crippen LogP contribution in [0.2, 0.25) is 0 Å². The zero-order valence-electron chi connectivity index (χ0n) is 15.3. The smallest absolute Gasteiger partial charge is 0.334 e. The predicted octanol–water partition coefficient (Wildman–Crippen LogP) is 2.84. The lowest BCUT2D eigenvalue weighted by Crippen LogP contribution is -2.49. The molecule has 1 aliphatic heterocycles. The Bertz CT molecular complexity index is 661. The number of carbonyl (C=O) groups excluding carboxylic acids is 3. The first-order valence-corrected chi connectivity index (χ1v) is 8.98. The number of fused-ring (bicyclic) bond motifs is 2. The normalized spacial score (nSPS) is 39.9. The number of esters is 2. The van der Waals surface area contributed by atoms with Crippen LogP contribution < -0.4 is 0 Å². The summed E-state index contributed by atoms with van der Waals surface area (Å²) in [5.41, 5.74) is -0.580. The molecule has 5 heteroatoms. The standard InChI is InChI=1S/C20H26O5/c1-10(2)8-16(22)25-18-17-12(4)19(23)24-14(17)9-11(3)13-6-7-15(21)20(13,18)5/h6-7,10-11,13-14,17-18H,4,8-9H2,1-3,5H3. The van der Waals surface area contributed by atoms with Gasteiger partial charge in [0.25, 0.3) is 0 Å². The third-order valence-electron chi connectivity index (χ3n) is 5.97. The van der Waals surface area contributed by atoms with Gasteiger partial charge in [-0.25, -0.2) is 4.79 Å². The van der Waals surface area contributed by atoms with Crippen molar-refractivity contribution in [2.24, 2.45) is 29.1 Å². The summed E-state index contributed by atoms with van der Waals surface area (Å²) in [4.78, 5) is 37.3.